The first kappa shape index (κ1) is 17.0. The molecule has 7 nitrogen and oxygen atoms in total. The monoisotopic (exact) mass is 380 g/mol. The molecule has 1 aromatic carbocycles. The number of fused-ring (bicyclic) bond motifs is 2. The number of pyridine rings is 3. The van der Waals surface area contributed by atoms with Gasteiger partial charge in [0.1, 0.15) is 0 Å². The van der Waals surface area contributed by atoms with Crippen molar-refractivity contribution in [3.05, 3.63) is 90.6 Å². The van der Waals surface area contributed by atoms with Crippen molar-refractivity contribution in [2.75, 3.05) is 0 Å². The first-order chi connectivity index (χ1) is 14.3. The van der Waals surface area contributed by atoms with Gasteiger partial charge in [-0.2, -0.15) is 0 Å². The van der Waals surface area contributed by atoms with E-state index in [9.17, 15) is 4.79 Å². The highest BCUT2D eigenvalue weighted by Gasteiger charge is 2.15. The normalized spacial score (nSPS) is 11.0. The van der Waals surface area contributed by atoms with Crippen molar-refractivity contribution in [2.45, 2.75) is 6.54 Å². The van der Waals surface area contributed by atoms with Crippen LogP contribution in [0.4, 0.5) is 0 Å². The van der Waals surface area contributed by atoms with Crippen LogP contribution in [-0.4, -0.2) is 30.5 Å². The molecule has 0 spiro atoms. The van der Waals surface area contributed by atoms with Gasteiger partial charge >= 0.3 is 0 Å². The summed E-state index contributed by atoms with van der Waals surface area (Å²) in [5.74, 6) is 0.480. The van der Waals surface area contributed by atoms with E-state index in [1.807, 2.05) is 71.3 Å². The molecule has 0 bridgehead atoms. The number of nitrogens with one attached hydrogen (secondary N) is 1. The molecule has 0 saturated carbocycles. The second-order valence-electron chi connectivity index (χ2n) is 6.54. The maximum absolute atomic E-state index is 13.1. The highest BCUT2D eigenvalue weighted by atomic mass is 16.1. The Bertz CT molecular complexity index is 1330. The van der Waals surface area contributed by atoms with Gasteiger partial charge in [0.2, 0.25) is 0 Å². The fraction of sp³-hybridized carbons (Fsp3) is 0.0455. The van der Waals surface area contributed by atoms with E-state index in [4.69, 9.17) is 4.98 Å². The maximum Gasteiger partial charge on any atom is 0.252 e. The second-order valence-corrected chi connectivity index (χ2v) is 6.54. The molecule has 0 unspecified atom stereocenters. The number of carbonyl (C=O) groups excluding carboxylic acids is 1. The summed E-state index contributed by atoms with van der Waals surface area (Å²) in [5, 5.41) is 12.0. The van der Waals surface area contributed by atoms with E-state index in [2.05, 4.69) is 20.5 Å². The summed E-state index contributed by atoms with van der Waals surface area (Å²) in [4.78, 5) is 21.8. The molecule has 4 heterocycles. The highest BCUT2D eigenvalue weighted by Crippen LogP contribution is 2.24. The Morgan fingerprint density at radius 3 is 2.69 bits per heavy atom. The predicted octanol–water partition coefficient (Wildman–Crippen LogP) is 3.27. The summed E-state index contributed by atoms with van der Waals surface area (Å²) in [6.45, 7) is 0.269. The number of aromatic nitrogens is 5. The minimum atomic E-state index is -0.188. The third-order valence-electron chi connectivity index (χ3n) is 4.73. The lowest BCUT2D eigenvalue weighted by atomic mass is 10.0. The Labute approximate surface area is 166 Å². The Hall–Kier alpha value is -4.13. The zero-order chi connectivity index (χ0) is 19.6. The SMILES string of the molecule is O=C(NCc1nnc2ccccn12)c1cc(-c2ccncc2)nc2ccccc12. The molecule has 1 N–H and O–H groups in total. The zero-order valence-electron chi connectivity index (χ0n) is 15.4. The number of hydrogen-bond acceptors (Lipinski definition) is 5. The smallest absolute Gasteiger partial charge is 0.252 e. The van der Waals surface area contributed by atoms with Crippen LogP contribution in [0.2, 0.25) is 0 Å². The number of carbonyl (C=O) groups is 1. The lowest BCUT2D eigenvalue weighted by molar-refractivity contribution is 0.0951. The van der Waals surface area contributed by atoms with Gasteiger partial charge in [0, 0.05) is 29.5 Å². The largest absolute Gasteiger partial charge is 0.345 e. The molecule has 4 aromatic heterocycles. The van der Waals surface area contributed by atoms with Gasteiger partial charge in [-0.1, -0.05) is 24.3 Å². The third kappa shape index (κ3) is 3.19. The van der Waals surface area contributed by atoms with Crippen molar-refractivity contribution >= 4 is 22.5 Å². The molecule has 1 amide bonds. The van der Waals surface area contributed by atoms with Crippen molar-refractivity contribution in [1.29, 1.82) is 0 Å². The van der Waals surface area contributed by atoms with Crippen molar-refractivity contribution in [3.8, 4) is 11.3 Å². The van der Waals surface area contributed by atoms with Crippen LogP contribution in [0, 0.1) is 0 Å². The average molecular weight is 380 g/mol. The van der Waals surface area contributed by atoms with Crippen molar-refractivity contribution in [1.82, 2.24) is 29.9 Å². The fourth-order valence-electron chi connectivity index (χ4n) is 3.30. The average Bonchev–Trinajstić information content (AvgIpc) is 3.20. The molecule has 0 aliphatic heterocycles. The molecular formula is C22H16N6O. The molecule has 7 heteroatoms. The van der Waals surface area contributed by atoms with Gasteiger partial charge in [0.15, 0.2) is 11.5 Å². The summed E-state index contributed by atoms with van der Waals surface area (Å²) >= 11 is 0. The molecule has 0 saturated heterocycles. The topological polar surface area (TPSA) is 85.1 Å². The molecule has 0 atom stereocenters. The lowest BCUT2D eigenvalue weighted by Crippen LogP contribution is -2.24. The summed E-state index contributed by atoms with van der Waals surface area (Å²) in [6, 6.07) is 18.9. The van der Waals surface area contributed by atoms with Crippen molar-refractivity contribution in [3.63, 3.8) is 0 Å². The first-order valence-electron chi connectivity index (χ1n) is 9.16. The number of hydrogen-bond donors (Lipinski definition) is 1. The highest BCUT2D eigenvalue weighted by molar-refractivity contribution is 6.07. The zero-order valence-corrected chi connectivity index (χ0v) is 15.4. The van der Waals surface area contributed by atoms with Gasteiger partial charge in [-0.3, -0.25) is 14.2 Å². The molecule has 0 aliphatic carbocycles. The van der Waals surface area contributed by atoms with Gasteiger partial charge in [0.25, 0.3) is 5.91 Å². The predicted molar refractivity (Wildman–Crippen MR) is 109 cm³/mol. The lowest BCUT2D eigenvalue weighted by Gasteiger charge is -2.10. The van der Waals surface area contributed by atoms with Gasteiger partial charge < -0.3 is 5.32 Å². The molecule has 0 aliphatic rings. The van der Waals surface area contributed by atoms with Crippen LogP contribution in [0.1, 0.15) is 16.2 Å². The van der Waals surface area contributed by atoms with Gasteiger partial charge in [-0.05, 0) is 36.4 Å². The van der Waals surface area contributed by atoms with Gasteiger partial charge in [-0.15, -0.1) is 10.2 Å². The van der Waals surface area contributed by atoms with Crippen LogP contribution in [-0.2, 0) is 6.54 Å². The number of rotatable bonds is 4. The summed E-state index contributed by atoms with van der Waals surface area (Å²) in [6.07, 6.45) is 5.30. The van der Waals surface area contributed by atoms with Crippen LogP contribution in [0.15, 0.2) is 79.3 Å². The quantitative estimate of drug-likeness (QED) is 0.517. The Morgan fingerprint density at radius 2 is 1.79 bits per heavy atom. The van der Waals surface area contributed by atoms with E-state index < -0.39 is 0 Å². The molecule has 5 aromatic rings. The van der Waals surface area contributed by atoms with Crippen LogP contribution < -0.4 is 5.32 Å². The van der Waals surface area contributed by atoms with E-state index in [-0.39, 0.29) is 12.5 Å². The van der Waals surface area contributed by atoms with E-state index in [1.54, 1.807) is 12.4 Å². The second kappa shape index (κ2) is 7.12. The van der Waals surface area contributed by atoms with Gasteiger partial charge in [0.05, 0.1) is 23.3 Å². The van der Waals surface area contributed by atoms with Gasteiger partial charge in [-0.25, -0.2) is 4.98 Å². The van der Waals surface area contributed by atoms with E-state index in [1.165, 1.54) is 0 Å². The molecular weight excluding hydrogens is 364 g/mol. The van der Waals surface area contributed by atoms with E-state index in [0.717, 1.165) is 27.8 Å². The Kier molecular flexibility index (Phi) is 4.18. The molecule has 5 rings (SSSR count). The number of benzene rings is 1. The van der Waals surface area contributed by atoms with Crippen LogP contribution in [0.25, 0.3) is 27.8 Å². The van der Waals surface area contributed by atoms with E-state index >= 15 is 0 Å². The van der Waals surface area contributed by atoms with Crippen molar-refractivity contribution < 1.29 is 4.79 Å². The van der Waals surface area contributed by atoms with Crippen LogP contribution in [0.5, 0.6) is 0 Å². The minimum Gasteiger partial charge on any atom is -0.345 e. The summed E-state index contributed by atoms with van der Waals surface area (Å²) in [5.41, 5.74) is 3.70. The number of amides is 1. The first-order valence-corrected chi connectivity index (χ1v) is 9.16. The summed E-state index contributed by atoms with van der Waals surface area (Å²) < 4.78 is 1.85. The Balaban J connectivity index is 1.50. The molecule has 0 fully saturated rings. The summed E-state index contributed by atoms with van der Waals surface area (Å²) in [7, 11) is 0. The standard InChI is InChI=1S/C22H16N6O/c29-22(24-14-21-27-26-20-7-3-4-12-28(20)21)17-13-19(15-8-10-23-11-9-15)25-18-6-2-1-5-16(17)18/h1-13H,14H2,(H,24,29). The fourth-order valence-corrected chi connectivity index (χ4v) is 3.30. The minimum absolute atomic E-state index is 0.188. The molecule has 140 valence electrons. The molecule has 0 radical (unpaired) electrons. The maximum atomic E-state index is 13.1. The molecule has 29 heavy (non-hydrogen) atoms. The van der Waals surface area contributed by atoms with Crippen LogP contribution in [0.3, 0.4) is 0 Å². The van der Waals surface area contributed by atoms with Crippen LogP contribution >= 0.6 is 0 Å². The number of para-hydroxylation sites is 1. The third-order valence-corrected chi connectivity index (χ3v) is 4.73. The van der Waals surface area contributed by atoms with Crippen molar-refractivity contribution in [2.24, 2.45) is 0 Å². The number of nitrogens with zero attached hydrogens (tertiary/aromatic N) is 5. The van der Waals surface area contributed by atoms with E-state index in [0.29, 0.717) is 11.4 Å². The Morgan fingerprint density at radius 1 is 0.966 bits per heavy atom.